The molecule has 2 N–H and O–H groups in total. The van der Waals surface area contributed by atoms with Gasteiger partial charge in [0.2, 0.25) is 0 Å². The molecule has 0 spiro atoms. The van der Waals surface area contributed by atoms with E-state index in [1.165, 1.54) is 0 Å². The second-order valence-electron chi connectivity index (χ2n) is 5.34. The first-order valence-corrected chi connectivity index (χ1v) is 6.86. The summed E-state index contributed by atoms with van der Waals surface area (Å²) < 4.78 is 5.62. The third-order valence-corrected chi connectivity index (χ3v) is 3.36. The van der Waals surface area contributed by atoms with Crippen LogP contribution in [-0.2, 0) is 0 Å². The highest BCUT2D eigenvalue weighted by molar-refractivity contribution is 5.94. The van der Waals surface area contributed by atoms with Gasteiger partial charge in [-0.3, -0.25) is 4.79 Å². The molecule has 1 amide bonds. The maximum atomic E-state index is 12.4. The SMILES string of the molecule is CC(C)Oc1cccc(C(=O)N2CCC(CN)C2)c1. The van der Waals surface area contributed by atoms with Gasteiger partial charge in [0.05, 0.1) is 6.10 Å². The normalized spacial score (nSPS) is 18.9. The summed E-state index contributed by atoms with van der Waals surface area (Å²) in [5.74, 6) is 1.26. The maximum Gasteiger partial charge on any atom is 0.253 e. The Labute approximate surface area is 114 Å². The van der Waals surface area contributed by atoms with Crippen LogP contribution >= 0.6 is 0 Å². The first-order valence-electron chi connectivity index (χ1n) is 6.86. The second-order valence-corrected chi connectivity index (χ2v) is 5.34. The van der Waals surface area contributed by atoms with Crippen molar-refractivity contribution >= 4 is 5.91 Å². The minimum absolute atomic E-state index is 0.0742. The Kier molecular flexibility index (Phi) is 4.43. The molecule has 104 valence electrons. The predicted octanol–water partition coefficient (Wildman–Crippen LogP) is 1.89. The summed E-state index contributed by atoms with van der Waals surface area (Å²) in [6, 6.07) is 7.40. The van der Waals surface area contributed by atoms with E-state index in [4.69, 9.17) is 10.5 Å². The van der Waals surface area contributed by atoms with Crippen molar-refractivity contribution in [1.29, 1.82) is 0 Å². The molecule has 2 rings (SSSR count). The van der Waals surface area contributed by atoms with Crippen LogP contribution in [0, 0.1) is 5.92 Å². The lowest BCUT2D eigenvalue weighted by molar-refractivity contribution is 0.0787. The van der Waals surface area contributed by atoms with Gasteiger partial charge in [-0.15, -0.1) is 0 Å². The van der Waals surface area contributed by atoms with Gasteiger partial charge >= 0.3 is 0 Å². The van der Waals surface area contributed by atoms with Crippen molar-refractivity contribution in [3.8, 4) is 5.75 Å². The van der Waals surface area contributed by atoms with Crippen molar-refractivity contribution in [3.63, 3.8) is 0 Å². The van der Waals surface area contributed by atoms with Gasteiger partial charge in [0, 0.05) is 18.7 Å². The fourth-order valence-corrected chi connectivity index (χ4v) is 2.37. The van der Waals surface area contributed by atoms with Gasteiger partial charge in [-0.05, 0) is 50.9 Å². The van der Waals surface area contributed by atoms with Crippen LogP contribution in [0.15, 0.2) is 24.3 Å². The zero-order chi connectivity index (χ0) is 13.8. The van der Waals surface area contributed by atoms with Gasteiger partial charge in [-0.2, -0.15) is 0 Å². The van der Waals surface area contributed by atoms with Crippen LogP contribution in [0.1, 0.15) is 30.6 Å². The van der Waals surface area contributed by atoms with Crippen LogP contribution < -0.4 is 10.5 Å². The molecule has 1 aromatic carbocycles. The first kappa shape index (κ1) is 13.9. The summed E-state index contributed by atoms with van der Waals surface area (Å²) >= 11 is 0. The average molecular weight is 262 g/mol. The van der Waals surface area contributed by atoms with Crippen molar-refractivity contribution in [2.45, 2.75) is 26.4 Å². The number of nitrogens with zero attached hydrogens (tertiary/aromatic N) is 1. The maximum absolute atomic E-state index is 12.4. The van der Waals surface area contributed by atoms with Crippen LogP contribution in [0.2, 0.25) is 0 Å². The quantitative estimate of drug-likeness (QED) is 0.901. The lowest BCUT2D eigenvalue weighted by Gasteiger charge is -2.17. The first-order chi connectivity index (χ1) is 9.10. The third-order valence-electron chi connectivity index (χ3n) is 3.36. The molecule has 1 aromatic rings. The molecule has 1 fully saturated rings. The van der Waals surface area contributed by atoms with Gasteiger partial charge in [0.25, 0.3) is 5.91 Å². The Balaban J connectivity index is 2.07. The van der Waals surface area contributed by atoms with Gasteiger partial charge in [-0.25, -0.2) is 0 Å². The molecule has 1 heterocycles. The van der Waals surface area contributed by atoms with Gasteiger partial charge in [-0.1, -0.05) is 6.07 Å². The molecule has 4 nitrogen and oxygen atoms in total. The van der Waals surface area contributed by atoms with E-state index in [2.05, 4.69) is 0 Å². The number of rotatable bonds is 4. The molecule has 1 aliphatic heterocycles. The van der Waals surface area contributed by atoms with Crippen LogP contribution in [0.5, 0.6) is 5.75 Å². The monoisotopic (exact) mass is 262 g/mol. The Morgan fingerprint density at radius 3 is 2.95 bits per heavy atom. The topological polar surface area (TPSA) is 55.6 Å². The highest BCUT2D eigenvalue weighted by Gasteiger charge is 2.26. The van der Waals surface area contributed by atoms with Crippen LogP contribution in [0.3, 0.4) is 0 Å². The van der Waals surface area contributed by atoms with Crippen LogP contribution in [0.4, 0.5) is 0 Å². The molecule has 1 atom stereocenters. The third kappa shape index (κ3) is 3.47. The number of hydrogen-bond acceptors (Lipinski definition) is 3. The van der Waals surface area contributed by atoms with Crippen molar-refractivity contribution in [1.82, 2.24) is 4.90 Å². The highest BCUT2D eigenvalue weighted by atomic mass is 16.5. The fraction of sp³-hybridized carbons (Fsp3) is 0.533. The minimum Gasteiger partial charge on any atom is -0.491 e. The molecule has 0 saturated carbocycles. The molecular formula is C15H22N2O2. The molecule has 1 unspecified atom stereocenters. The van der Waals surface area contributed by atoms with E-state index in [1.807, 2.05) is 43.0 Å². The van der Waals surface area contributed by atoms with Crippen molar-refractivity contribution in [2.24, 2.45) is 11.7 Å². The number of amides is 1. The summed E-state index contributed by atoms with van der Waals surface area (Å²) in [5, 5.41) is 0. The fourth-order valence-electron chi connectivity index (χ4n) is 2.37. The lowest BCUT2D eigenvalue weighted by Crippen LogP contribution is -2.29. The molecule has 0 aromatic heterocycles. The summed E-state index contributed by atoms with van der Waals surface area (Å²) in [7, 11) is 0. The summed E-state index contributed by atoms with van der Waals surface area (Å²) in [6.07, 6.45) is 1.11. The summed E-state index contributed by atoms with van der Waals surface area (Å²) in [6.45, 7) is 6.17. The standard InChI is InChI=1S/C15H22N2O2/c1-11(2)19-14-5-3-4-13(8-14)15(18)17-7-6-12(9-16)10-17/h3-5,8,11-12H,6-7,9-10,16H2,1-2H3. The zero-order valence-electron chi connectivity index (χ0n) is 11.6. The van der Waals surface area contributed by atoms with E-state index in [1.54, 1.807) is 0 Å². The largest absolute Gasteiger partial charge is 0.491 e. The van der Waals surface area contributed by atoms with Gasteiger partial charge < -0.3 is 15.4 Å². The zero-order valence-corrected chi connectivity index (χ0v) is 11.6. The smallest absolute Gasteiger partial charge is 0.253 e. The Bertz CT molecular complexity index is 446. The number of benzene rings is 1. The number of nitrogens with two attached hydrogens (primary N) is 1. The molecule has 0 radical (unpaired) electrons. The predicted molar refractivity (Wildman–Crippen MR) is 75.3 cm³/mol. The van der Waals surface area contributed by atoms with E-state index in [-0.39, 0.29) is 12.0 Å². The number of hydrogen-bond donors (Lipinski definition) is 1. The Hall–Kier alpha value is -1.55. The highest BCUT2D eigenvalue weighted by Crippen LogP contribution is 2.20. The van der Waals surface area contributed by atoms with E-state index in [0.29, 0.717) is 18.0 Å². The number of carbonyl (C=O) groups excluding carboxylic acids is 1. The average Bonchev–Trinajstić information content (AvgIpc) is 2.86. The van der Waals surface area contributed by atoms with E-state index >= 15 is 0 Å². The van der Waals surface area contributed by atoms with Crippen molar-refractivity contribution < 1.29 is 9.53 Å². The lowest BCUT2D eigenvalue weighted by atomic mass is 10.1. The Morgan fingerprint density at radius 1 is 1.53 bits per heavy atom. The van der Waals surface area contributed by atoms with E-state index < -0.39 is 0 Å². The molecule has 19 heavy (non-hydrogen) atoms. The van der Waals surface area contributed by atoms with E-state index in [9.17, 15) is 4.79 Å². The minimum atomic E-state index is 0.0742. The molecule has 0 aliphatic carbocycles. The van der Waals surface area contributed by atoms with Gasteiger partial charge in [0.15, 0.2) is 0 Å². The van der Waals surface area contributed by atoms with Gasteiger partial charge in [0.1, 0.15) is 5.75 Å². The van der Waals surface area contributed by atoms with Crippen molar-refractivity contribution in [3.05, 3.63) is 29.8 Å². The molecular weight excluding hydrogens is 240 g/mol. The Morgan fingerprint density at radius 2 is 2.32 bits per heavy atom. The number of likely N-dealkylation sites (tertiary alicyclic amines) is 1. The second kappa shape index (κ2) is 6.06. The number of carbonyl (C=O) groups is 1. The molecule has 1 aliphatic rings. The van der Waals surface area contributed by atoms with Crippen LogP contribution in [-0.4, -0.2) is 36.5 Å². The number of ether oxygens (including phenoxy) is 1. The molecule has 1 saturated heterocycles. The molecule has 0 bridgehead atoms. The van der Waals surface area contributed by atoms with E-state index in [0.717, 1.165) is 25.3 Å². The molecule has 4 heteroatoms. The summed E-state index contributed by atoms with van der Waals surface area (Å²) in [4.78, 5) is 14.3. The van der Waals surface area contributed by atoms with Crippen LogP contribution in [0.25, 0.3) is 0 Å². The summed E-state index contributed by atoms with van der Waals surface area (Å²) in [5.41, 5.74) is 6.35. The van der Waals surface area contributed by atoms with Crippen molar-refractivity contribution in [2.75, 3.05) is 19.6 Å².